The molecule has 0 unspecified atom stereocenters. The number of nitrogens with two attached hydrogens (primary N) is 1. The highest BCUT2D eigenvalue weighted by atomic mass is 16.4. The van der Waals surface area contributed by atoms with Crippen molar-refractivity contribution >= 4 is 7.12 Å². The lowest BCUT2D eigenvalue weighted by molar-refractivity contribution is 0.328. The molecule has 5 heteroatoms. The minimum absolute atomic E-state index is 0.0833. The smallest absolute Gasteiger partial charge is 0.426 e. The van der Waals surface area contributed by atoms with Crippen molar-refractivity contribution in [2.24, 2.45) is 5.84 Å². The fourth-order valence-electron chi connectivity index (χ4n) is 0.258. The summed E-state index contributed by atoms with van der Waals surface area (Å²) in [4.78, 5) is 0. The van der Waals surface area contributed by atoms with Crippen LogP contribution >= 0.6 is 0 Å². The van der Waals surface area contributed by atoms with Crippen molar-refractivity contribution in [2.75, 3.05) is 13.5 Å². The minimum atomic E-state index is -1.32. The summed E-state index contributed by atoms with van der Waals surface area (Å²) in [7, 11) is 0.231. The zero-order valence-electron chi connectivity index (χ0n) is 4.20. The highest BCUT2D eigenvalue weighted by Crippen LogP contribution is 1.68. The third-order valence-electron chi connectivity index (χ3n) is 0.451. The van der Waals surface area contributed by atoms with Crippen LogP contribution in [0, 0.1) is 0 Å². The summed E-state index contributed by atoms with van der Waals surface area (Å²) in [6.45, 7) is 0. The molecule has 0 bridgehead atoms. The summed E-state index contributed by atoms with van der Waals surface area (Å²) in [5, 5.41) is 17.5. The average Bonchev–Trinajstić information content (AvgIpc) is 1.27. The van der Waals surface area contributed by atoms with E-state index in [1.54, 1.807) is 7.05 Å². The van der Waals surface area contributed by atoms with Crippen molar-refractivity contribution in [2.45, 2.75) is 0 Å². The van der Waals surface area contributed by atoms with Crippen LogP contribution in [-0.2, 0) is 0 Å². The summed E-state index contributed by atoms with van der Waals surface area (Å²) >= 11 is 0. The summed E-state index contributed by atoms with van der Waals surface area (Å²) in [5.41, 5.74) is 0. The molecule has 0 aromatic carbocycles. The van der Waals surface area contributed by atoms with E-state index in [2.05, 4.69) is 0 Å². The Bertz CT molecular complexity index is 43.0. The van der Waals surface area contributed by atoms with E-state index in [0.717, 1.165) is 0 Å². The molecule has 0 radical (unpaired) electrons. The Labute approximate surface area is 42.7 Å². The molecule has 0 aliphatic carbocycles. The molecule has 0 heterocycles. The maximum Gasteiger partial charge on any atom is 0.468 e. The number of nitrogens with zero attached hydrogens (tertiary/aromatic N) is 1. The van der Waals surface area contributed by atoms with Crippen molar-refractivity contribution in [3.05, 3.63) is 0 Å². The Morgan fingerprint density at radius 2 is 2.14 bits per heavy atom. The van der Waals surface area contributed by atoms with Crippen LogP contribution in [0.1, 0.15) is 0 Å². The van der Waals surface area contributed by atoms with Crippen LogP contribution in [0.25, 0.3) is 0 Å². The first-order valence-corrected chi connectivity index (χ1v) is 1.95. The van der Waals surface area contributed by atoms with Crippen molar-refractivity contribution < 1.29 is 10.0 Å². The van der Waals surface area contributed by atoms with Crippen LogP contribution in [0.3, 0.4) is 0 Å². The largest absolute Gasteiger partial charge is 0.468 e. The normalized spacial score (nSPS) is 9.86. The maximum absolute atomic E-state index is 8.16. The van der Waals surface area contributed by atoms with Crippen LogP contribution < -0.4 is 5.84 Å². The van der Waals surface area contributed by atoms with E-state index in [0.29, 0.717) is 0 Å². The number of hydrogen-bond acceptors (Lipinski definition) is 4. The first kappa shape index (κ1) is 6.90. The predicted molar refractivity (Wildman–Crippen MR) is 27.0 cm³/mol. The summed E-state index contributed by atoms with van der Waals surface area (Å²) < 4.78 is 0. The lowest BCUT2D eigenvalue weighted by Crippen LogP contribution is -2.37. The van der Waals surface area contributed by atoms with E-state index in [-0.39, 0.29) is 6.44 Å². The van der Waals surface area contributed by atoms with Gasteiger partial charge in [0.25, 0.3) is 0 Å². The average molecular weight is 104 g/mol. The second-order valence-corrected chi connectivity index (χ2v) is 1.42. The fraction of sp³-hybridized carbons (Fsp3) is 1.00. The maximum atomic E-state index is 8.16. The van der Waals surface area contributed by atoms with Gasteiger partial charge in [0, 0.05) is 13.5 Å². The van der Waals surface area contributed by atoms with Crippen molar-refractivity contribution in [3.8, 4) is 0 Å². The molecule has 7 heavy (non-hydrogen) atoms. The van der Waals surface area contributed by atoms with Gasteiger partial charge < -0.3 is 10.0 Å². The van der Waals surface area contributed by atoms with Gasteiger partial charge in [-0.2, -0.15) is 0 Å². The molecule has 0 aliphatic heterocycles. The molecule has 0 spiro atoms. The molecule has 0 saturated carbocycles. The Balaban J connectivity index is 2.95. The van der Waals surface area contributed by atoms with Gasteiger partial charge in [-0.1, -0.05) is 0 Å². The molecular weight excluding hydrogens is 94.8 g/mol. The summed E-state index contributed by atoms with van der Waals surface area (Å²) in [6.07, 6.45) is 0.0833. The molecule has 0 aromatic rings. The standard InChI is InChI=1S/C2H9BN2O2/c1-5(4)2-3(6)7/h6-7H,2,4H2,1H3. The zero-order chi connectivity index (χ0) is 5.86. The Morgan fingerprint density at radius 1 is 1.71 bits per heavy atom. The topological polar surface area (TPSA) is 69.7 Å². The molecule has 0 rings (SSSR count). The van der Waals surface area contributed by atoms with Gasteiger partial charge in [0.1, 0.15) is 0 Å². The predicted octanol–water partition coefficient (Wildman–Crippen LogP) is -2.20. The molecule has 4 nitrogen and oxygen atoms in total. The van der Waals surface area contributed by atoms with Gasteiger partial charge in [0.15, 0.2) is 0 Å². The molecule has 0 fully saturated rings. The van der Waals surface area contributed by atoms with E-state index < -0.39 is 7.12 Å². The SMILES string of the molecule is CN(N)CB(O)O. The van der Waals surface area contributed by atoms with Crippen molar-refractivity contribution in [1.29, 1.82) is 0 Å². The summed E-state index contributed by atoms with van der Waals surface area (Å²) in [5.74, 6) is 5.01. The molecule has 0 aliphatic rings. The third kappa shape index (κ3) is 5.90. The van der Waals surface area contributed by atoms with Crippen LogP contribution in [-0.4, -0.2) is 35.7 Å². The molecule has 4 N–H and O–H groups in total. The van der Waals surface area contributed by atoms with E-state index >= 15 is 0 Å². The molecule has 0 aromatic heterocycles. The number of rotatable bonds is 2. The number of hydrogen-bond donors (Lipinski definition) is 3. The molecule has 0 atom stereocenters. The Morgan fingerprint density at radius 3 is 2.14 bits per heavy atom. The second-order valence-electron chi connectivity index (χ2n) is 1.42. The van der Waals surface area contributed by atoms with Crippen LogP contribution in [0.5, 0.6) is 0 Å². The van der Waals surface area contributed by atoms with Gasteiger partial charge >= 0.3 is 7.12 Å². The monoisotopic (exact) mass is 104 g/mol. The van der Waals surface area contributed by atoms with E-state index in [4.69, 9.17) is 15.9 Å². The molecular formula is C2H9BN2O2. The first-order valence-electron chi connectivity index (χ1n) is 1.95. The third-order valence-corrected chi connectivity index (χ3v) is 0.451. The molecule has 0 saturated heterocycles. The van der Waals surface area contributed by atoms with Gasteiger partial charge in [-0.3, -0.25) is 10.9 Å². The Hall–Kier alpha value is -0.0951. The second kappa shape index (κ2) is 2.98. The van der Waals surface area contributed by atoms with Gasteiger partial charge in [-0.15, -0.1) is 0 Å². The minimum Gasteiger partial charge on any atom is -0.426 e. The van der Waals surface area contributed by atoms with Crippen LogP contribution in [0.2, 0.25) is 0 Å². The molecule has 42 valence electrons. The van der Waals surface area contributed by atoms with E-state index in [1.165, 1.54) is 5.01 Å². The van der Waals surface area contributed by atoms with E-state index in [1.807, 2.05) is 0 Å². The van der Waals surface area contributed by atoms with E-state index in [9.17, 15) is 0 Å². The van der Waals surface area contributed by atoms with Gasteiger partial charge in [0.2, 0.25) is 0 Å². The fourth-order valence-corrected chi connectivity index (χ4v) is 0.258. The van der Waals surface area contributed by atoms with Gasteiger partial charge in [0.05, 0.1) is 0 Å². The quantitative estimate of drug-likeness (QED) is 0.211. The zero-order valence-corrected chi connectivity index (χ0v) is 4.20. The highest BCUT2D eigenvalue weighted by molar-refractivity contribution is 6.41. The van der Waals surface area contributed by atoms with Gasteiger partial charge in [-0.25, -0.2) is 0 Å². The van der Waals surface area contributed by atoms with Crippen molar-refractivity contribution in [1.82, 2.24) is 5.01 Å². The van der Waals surface area contributed by atoms with Crippen LogP contribution in [0.4, 0.5) is 0 Å². The van der Waals surface area contributed by atoms with Crippen molar-refractivity contribution in [3.63, 3.8) is 0 Å². The number of hydrazine groups is 1. The summed E-state index contributed by atoms with van der Waals surface area (Å²) in [6, 6.07) is 0. The highest BCUT2D eigenvalue weighted by Gasteiger charge is 2.06. The van der Waals surface area contributed by atoms with Gasteiger partial charge in [-0.05, 0) is 0 Å². The van der Waals surface area contributed by atoms with Crippen LogP contribution in [0.15, 0.2) is 0 Å². The molecule has 0 amide bonds. The Kier molecular flexibility index (Phi) is 2.94. The first-order chi connectivity index (χ1) is 3.13. The lowest BCUT2D eigenvalue weighted by Gasteiger charge is -2.05. The lowest BCUT2D eigenvalue weighted by atomic mass is 9.92.